The van der Waals surface area contributed by atoms with Gasteiger partial charge in [0.15, 0.2) is 0 Å². The van der Waals surface area contributed by atoms with Crippen LogP contribution >= 0.6 is 0 Å². The molecule has 1 saturated carbocycles. The van der Waals surface area contributed by atoms with Gasteiger partial charge < -0.3 is 5.32 Å². The maximum atomic E-state index is 11.7. The zero-order valence-corrected chi connectivity index (χ0v) is 11.0. The largest absolute Gasteiger partial charge is 0.349 e. The number of carbonyl (C=O) groups excluding carboxylic acids is 1. The monoisotopic (exact) mass is 223 g/mol. The van der Waals surface area contributed by atoms with Crippen molar-refractivity contribution in [2.24, 2.45) is 17.8 Å². The Morgan fingerprint density at radius 3 is 2.50 bits per heavy atom. The Hall–Kier alpha value is -0.790. The molecule has 1 amide bonds. The van der Waals surface area contributed by atoms with E-state index in [1.165, 1.54) is 12.8 Å². The first-order valence-electron chi connectivity index (χ1n) is 6.38. The molecule has 0 bridgehead atoms. The lowest BCUT2D eigenvalue weighted by Gasteiger charge is -2.37. The van der Waals surface area contributed by atoms with Gasteiger partial charge in [0.2, 0.25) is 5.91 Å². The number of hydrogen-bond acceptors (Lipinski definition) is 1. The minimum Gasteiger partial charge on any atom is -0.349 e. The zero-order chi connectivity index (χ0) is 12.3. The van der Waals surface area contributed by atoms with E-state index in [1.54, 1.807) is 6.92 Å². The van der Waals surface area contributed by atoms with Gasteiger partial charge in [0, 0.05) is 11.6 Å². The van der Waals surface area contributed by atoms with E-state index in [1.807, 2.05) is 0 Å². The molecule has 3 unspecified atom stereocenters. The maximum Gasteiger partial charge on any atom is 0.246 e. The van der Waals surface area contributed by atoms with E-state index in [0.717, 1.165) is 12.3 Å². The molecule has 0 heterocycles. The lowest BCUT2D eigenvalue weighted by molar-refractivity contribution is -0.119. The molecule has 0 aromatic rings. The van der Waals surface area contributed by atoms with Crippen LogP contribution in [0.5, 0.6) is 0 Å². The van der Waals surface area contributed by atoms with Crippen LogP contribution in [-0.4, -0.2) is 11.9 Å². The third-order valence-electron chi connectivity index (χ3n) is 3.73. The highest BCUT2D eigenvalue weighted by Crippen LogP contribution is 2.33. The third kappa shape index (κ3) is 3.36. The molecule has 1 rings (SSSR count). The molecule has 0 saturated heterocycles. The van der Waals surface area contributed by atoms with Crippen LogP contribution in [0.1, 0.15) is 47.0 Å². The molecule has 0 aromatic carbocycles. The summed E-state index contributed by atoms with van der Waals surface area (Å²) in [5.74, 6) is 2.01. The lowest BCUT2D eigenvalue weighted by Crippen LogP contribution is -2.45. The van der Waals surface area contributed by atoms with Crippen LogP contribution in [0.4, 0.5) is 0 Å². The van der Waals surface area contributed by atoms with E-state index >= 15 is 0 Å². The molecular formula is C14H25NO. The number of nitrogens with one attached hydrogen (secondary N) is 1. The molecule has 2 nitrogen and oxygen atoms in total. The van der Waals surface area contributed by atoms with E-state index in [-0.39, 0.29) is 5.91 Å². The Kier molecular flexibility index (Phi) is 4.57. The fraction of sp³-hybridized carbons (Fsp3) is 0.786. The van der Waals surface area contributed by atoms with Gasteiger partial charge in [-0.3, -0.25) is 4.79 Å². The summed E-state index contributed by atoms with van der Waals surface area (Å²) in [7, 11) is 0. The second-order valence-corrected chi connectivity index (χ2v) is 5.69. The first kappa shape index (κ1) is 13.3. The molecular weight excluding hydrogens is 198 g/mol. The van der Waals surface area contributed by atoms with Crippen LogP contribution in [-0.2, 0) is 4.79 Å². The topological polar surface area (TPSA) is 29.1 Å². The normalized spacial score (nSPS) is 30.2. The van der Waals surface area contributed by atoms with Gasteiger partial charge in [0.05, 0.1) is 0 Å². The highest BCUT2D eigenvalue weighted by atomic mass is 16.1. The molecule has 1 N–H and O–H groups in total. The Morgan fingerprint density at radius 2 is 2.00 bits per heavy atom. The second-order valence-electron chi connectivity index (χ2n) is 5.69. The average Bonchev–Trinajstić information content (AvgIpc) is 2.16. The van der Waals surface area contributed by atoms with E-state index in [0.29, 0.717) is 23.5 Å². The summed E-state index contributed by atoms with van der Waals surface area (Å²) in [4.78, 5) is 11.7. The molecule has 0 aromatic heterocycles. The highest BCUT2D eigenvalue weighted by molar-refractivity contribution is 5.92. The van der Waals surface area contributed by atoms with Gasteiger partial charge in [-0.1, -0.05) is 33.8 Å². The van der Waals surface area contributed by atoms with Gasteiger partial charge in [-0.25, -0.2) is 0 Å². The molecule has 1 fully saturated rings. The van der Waals surface area contributed by atoms with Gasteiger partial charge in [-0.15, -0.1) is 0 Å². The quantitative estimate of drug-likeness (QED) is 0.732. The van der Waals surface area contributed by atoms with Gasteiger partial charge in [-0.05, 0) is 37.5 Å². The van der Waals surface area contributed by atoms with Gasteiger partial charge in [0.1, 0.15) is 0 Å². The summed E-state index contributed by atoms with van der Waals surface area (Å²) in [6.07, 6.45) is 3.64. The fourth-order valence-electron chi connectivity index (χ4n) is 2.66. The summed E-state index contributed by atoms with van der Waals surface area (Å²) in [6.45, 7) is 12.2. The molecule has 92 valence electrons. The predicted molar refractivity (Wildman–Crippen MR) is 68.1 cm³/mol. The van der Waals surface area contributed by atoms with Gasteiger partial charge in [0.25, 0.3) is 0 Å². The van der Waals surface area contributed by atoms with E-state index in [9.17, 15) is 4.79 Å². The van der Waals surface area contributed by atoms with Crippen LogP contribution < -0.4 is 5.32 Å². The van der Waals surface area contributed by atoms with Crippen LogP contribution in [0, 0.1) is 17.8 Å². The Bertz CT molecular complexity index is 270. The lowest BCUT2D eigenvalue weighted by atomic mass is 9.74. The summed E-state index contributed by atoms with van der Waals surface area (Å²) >= 11 is 0. The first-order valence-corrected chi connectivity index (χ1v) is 6.38. The molecule has 2 heteroatoms. The average molecular weight is 223 g/mol. The Balaban J connectivity index is 2.64. The van der Waals surface area contributed by atoms with Gasteiger partial charge in [-0.2, -0.15) is 0 Å². The zero-order valence-electron chi connectivity index (χ0n) is 11.0. The van der Waals surface area contributed by atoms with E-state index < -0.39 is 0 Å². The van der Waals surface area contributed by atoms with Crippen LogP contribution in [0.15, 0.2) is 12.2 Å². The number of carbonyl (C=O) groups is 1. The third-order valence-corrected chi connectivity index (χ3v) is 3.73. The summed E-state index contributed by atoms with van der Waals surface area (Å²) in [6, 6.07) is 0.341. The van der Waals surface area contributed by atoms with Crippen molar-refractivity contribution in [2.45, 2.75) is 53.0 Å². The summed E-state index contributed by atoms with van der Waals surface area (Å²) in [5, 5.41) is 3.14. The fourth-order valence-corrected chi connectivity index (χ4v) is 2.66. The molecule has 3 atom stereocenters. The van der Waals surface area contributed by atoms with Crippen molar-refractivity contribution in [3.8, 4) is 0 Å². The maximum absolute atomic E-state index is 11.7. The number of hydrogen-bond donors (Lipinski definition) is 1. The highest BCUT2D eigenvalue weighted by Gasteiger charge is 2.31. The standard InChI is InChI=1S/C14H25NO/c1-9(2)12-7-6-11(5)8-13(12)15-14(16)10(3)4/h9,11-13H,3,6-8H2,1-2,4-5H3,(H,15,16). The van der Waals surface area contributed by atoms with Crippen LogP contribution in [0.3, 0.4) is 0 Å². The molecule has 0 spiro atoms. The molecule has 16 heavy (non-hydrogen) atoms. The minimum absolute atomic E-state index is 0.0183. The molecule has 1 aliphatic carbocycles. The first-order chi connectivity index (χ1) is 7.41. The van der Waals surface area contributed by atoms with Crippen molar-refractivity contribution >= 4 is 5.91 Å². The predicted octanol–water partition coefficient (Wildman–Crippen LogP) is 3.14. The van der Waals surface area contributed by atoms with Crippen molar-refractivity contribution in [1.82, 2.24) is 5.32 Å². The SMILES string of the molecule is C=C(C)C(=O)NC1CC(C)CCC1C(C)C. The Morgan fingerprint density at radius 1 is 1.38 bits per heavy atom. The van der Waals surface area contributed by atoms with Crippen molar-refractivity contribution in [3.63, 3.8) is 0 Å². The molecule has 0 radical (unpaired) electrons. The van der Waals surface area contributed by atoms with Crippen molar-refractivity contribution in [1.29, 1.82) is 0 Å². The van der Waals surface area contributed by atoms with Crippen molar-refractivity contribution in [3.05, 3.63) is 12.2 Å². The Labute approximate surface area is 99.5 Å². The molecule has 0 aliphatic heterocycles. The molecule has 1 aliphatic rings. The number of rotatable bonds is 3. The summed E-state index contributed by atoms with van der Waals surface area (Å²) in [5.41, 5.74) is 0.612. The summed E-state index contributed by atoms with van der Waals surface area (Å²) < 4.78 is 0. The van der Waals surface area contributed by atoms with E-state index in [4.69, 9.17) is 0 Å². The van der Waals surface area contributed by atoms with Crippen LogP contribution in [0.25, 0.3) is 0 Å². The smallest absolute Gasteiger partial charge is 0.246 e. The second kappa shape index (κ2) is 5.51. The van der Waals surface area contributed by atoms with Crippen molar-refractivity contribution < 1.29 is 4.79 Å². The van der Waals surface area contributed by atoms with Crippen LogP contribution in [0.2, 0.25) is 0 Å². The van der Waals surface area contributed by atoms with Crippen molar-refractivity contribution in [2.75, 3.05) is 0 Å². The minimum atomic E-state index is 0.0183. The van der Waals surface area contributed by atoms with Gasteiger partial charge >= 0.3 is 0 Å². The number of amides is 1. The van der Waals surface area contributed by atoms with E-state index in [2.05, 4.69) is 32.7 Å².